The van der Waals surface area contributed by atoms with E-state index in [9.17, 15) is 5.11 Å². The molecule has 0 radical (unpaired) electrons. The SMILES string of the molecule is Cc1ccc(CN(C)C)c(Sc2ccc(I)cc2CO)c1. The first-order valence-electron chi connectivity index (χ1n) is 6.81. The van der Waals surface area contributed by atoms with Crippen LogP contribution in [-0.2, 0) is 13.2 Å². The summed E-state index contributed by atoms with van der Waals surface area (Å²) < 4.78 is 1.15. The highest BCUT2D eigenvalue weighted by atomic mass is 127. The minimum Gasteiger partial charge on any atom is -0.392 e. The molecule has 21 heavy (non-hydrogen) atoms. The first-order chi connectivity index (χ1) is 9.99. The minimum atomic E-state index is 0.0774. The predicted molar refractivity (Wildman–Crippen MR) is 97.8 cm³/mol. The van der Waals surface area contributed by atoms with E-state index < -0.39 is 0 Å². The summed E-state index contributed by atoms with van der Waals surface area (Å²) in [6, 6.07) is 12.8. The largest absolute Gasteiger partial charge is 0.392 e. The van der Waals surface area contributed by atoms with E-state index in [1.807, 2.05) is 6.07 Å². The third-order valence-corrected chi connectivity index (χ3v) is 5.01. The molecule has 0 heterocycles. The van der Waals surface area contributed by atoms with Crippen molar-refractivity contribution in [2.75, 3.05) is 14.1 Å². The third-order valence-electron chi connectivity index (χ3n) is 3.12. The smallest absolute Gasteiger partial charge is 0.0693 e. The quantitative estimate of drug-likeness (QED) is 0.740. The van der Waals surface area contributed by atoms with Crippen molar-refractivity contribution in [3.63, 3.8) is 0 Å². The normalized spacial score (nSPS) is 11.1. The lowest BCUT2D eigenvalue weighted by atomic mass is 10.1. The number of aliphatic hydroxyl groups excluding tert-OH is 1. The minimum absolute atomic E-state index is 0.0774. The number of halogens is 1. The summed E-state index contributed by atoms with van der Waals surface area (Å²) in [5.41, 5.74) is 3.57. The van der Waals surface area contributed by atoms with Crippen molar-refractivity contribution in [3.8, 4) is 0 Å². The van der Waals surface area contributed by atoms with Gasteiger partial charge in [0.05, 0.1) is 6.61 Å². The van der Waals surface area contributed by atoms with E-state index in [4.69, 9.17) is 0 Å². The van der Waals surface area contributed by atoms with Gasteiger partial charge in [-0.15, -0.1) is 0 Å². The lowest BCUT2D eigenvalue weighted by Gasteiger charge is -2.16. The van der Waals surface area contributed by atoms with Gasteiger partial charge in [-0.3, -0.25) is 0 Å². The molecule has 0 aliphatic rings. The zero-order valence-corrected chi connectivity index (χ0v) is 15.5. The number of hydrogen-bond acceptors (Lipinski definition) is 3. The Hall–Kier alpha value is -0.560. The molecule has 0 fully saturated rings. The maximum Gasteiger partial charge on any atom is 0.0693 e. The Morgan fingerprint density at radius 2 is 1.81 bits per heavy atom. The monoisotopic (exact) mass is 413 g/mol. The molecular weight excluding hydrogens is 393 g/mol. The molecular formula is C17H20INOS. The van der Waals surface area contributed by atoms with Gasteiger partial charge in [-0.05, 0) is 84.6 Å². The van der Waals surface area contributed by atoms with Crippen LogP contribution >= 0.6 is 34.4 Å². The molecule has 0 spiro atoms. The molecule has 2 nitrogen and oxygen atoms in total. The van der Waals surface area contributed by atoms with Gasteiger partial charge in [-0.25, -0.2) is 0 Å². The van der Waals surface area contributed by atoms with Gasteiger partial charge < -0.3 is 10.0 Å². The van der Waals surface area contributed by atoms with Crippen molar-refractivity contribution in [3.05, 3.63) is 56.7 Å². The van der Waals surface area contributed by atoms with Crippen LogP contribution in [-0.4, -0.2) is 24.1 Å². The van der Waals surface area contributed by atoms with Crippen molar-refractivity contribution in [1.82, 2.24) is 4.90 Å². The molecule has 2 aromatic rings. The summed E-state index contributed by atoms with van der Waals surface area (Å²) in [6.07, 6.45) is 0. The molecule has 0 saturated carbocycles. The van der Waals surface area contributed by atoms with Crippen molar-refractivity contribution >= 4 is 34.4 Å². The van der Waals surface area contributed by atoms with Gasteiger partial charge in [0.25, 0.3) is 0 Å². The number of hydrogen-bond donors (Lipinski definition) is 1. The molecule has 0 bridgehead atoms. The van der Waals surface area contributed by atoms with E-state index in [0.717, 1.165) is 20.6 Å². The summed E-state index contributed by atoms with van der Waals surface area (Å²) in [4.78, 5) is 4.57. The summed E-state index contributed by atoms with van der Waals surface area (Å²) in [5.74, 6) is 0. The van der Waals surface area contributed by atoms with Gasteiger partial charge in [0.1, 0.15) is 0 Å². The van der Waals surface area contributed by atoms with E-state index in [0.29, 0.717) is 0 Å². The Morgan fingerprint density at radius 3 is 2.48 bits per heavy atom. The maximum absolute atomic E-state index is 9.57. The van der Waals surface area contributed by atoms with E-state index in [1.54, 1.807) is 11.8 Å². The topological polar surface area (TPSA) is 23.5 Å². The van der Waals surface area contributed by atoms with Crippen LogP contribution in [0, 0.1) is 10.5 Å². The first-order valence-corrected chi connectivity index (χ1v) is 8.70. The van der Waals surface area contributed by atoms with Crippen molar-refractivity contribution in [2.45, 2.75) is 29.9 Å². The number of rotatable bonds is 5. The van der Waals surface area contributed by atoms with Gasteiger partial charge in [-0.1, -0.05) is 23.9 Å². The van der Waals surface area contributed by atoms with Crippen molar-refractivity contribution in [2.24, 2.45) is 0 Å². The fraction of sp³-hybridized carbons (Fsp3) is 0.294. The van der Waals surface area contributed by atoms with Crippen LogP contribution in [0.4, 0.5) is 0 Å². The van der Waals surface area contributed by atoms with Crippen LogP contribution in [0.5, 0.6) is 0 Å². The van der Waals surface area contributed by atoms with E-state index in [2.05, 4.69) is 78.8 Å². The van der Waals surface area contributed by atoms with E-state index in [1.165, 1.54) is 16.0 Å². The zero-order valence-electron chi connectivity index (χ0n) is 12.6. The number of nitrogens with zero attached hydrogens (tertiary/aromatic N) is 1. The second-order valence-corrected chi connectivity index (χ2v) is 7.69. The second-order valence-electron chi connectivity index (χ2n) is 5.36. The van der Waals surface area contributed by atoms with Crippen LogP contribution in [0.3, 0.4) is 0 Å². The van der Waals surface area contributed by atoms with Crippen molar-refractivity contribution in [1.29, 1.82) is 0 Å². The molecule has 0 aromatic heterocycles. The van der Waals surface area contributed by atoms with Gasteiger partial charge in [0, 0.05) is 19.9 Å². The predicted octanol–water partition coefficient (Wildman–Crippen LogP) is 4.30. The average Bonchev–Trinajstić information content (AvgIpc) is 2.43. The Morgan fingerprint density at radius 1 is 1.05 bits per heavy atom. The highest BCUT2D eigenvalue weighted by molar-refractivity contribution is 14.1. The van der Waals surface area contributed by atoms with E-state index in [-0.39, 0.29) is 6.61 Å². The molecule has 1 N–H and O–H groups in total. The summed E-state index contributed by atoms with van der Waals surface area (Å²) in [5, 5.41) is 9.57. The average molecular weight is 413 g/mol. The lowest BCUT2D eigenvalue weighted by Crippen LogP contribution is -2.11. The molecule has 0 aliphatic carbocycles. The molecule has 4 heteroatoms. The Bertz CT molecular complexity index is 628. The fourth-order valence-electron chi connectivity index (χ4n) is 2.12. The Kier molecular flexibility index (Phi) is 6.10. The third kappa shape index (κ3) is 4.71. The molecule has 2 aromatic carbocycles. The van der Waals surface area contributed by atoms with Gasteiger partial charge >= 0.3 is 0 Å². The maximum atomic E-state index is 9.57. The van der Waals surface area contributed by atoms with Gasteiger partial charge in [-0.2, -0.15) is 0 Å². The van der Waals surface area contributed by atoms with Crippen LogP contribution in [0.25, 0.3) is 0 Å². The molecule has 0 unspecified atom stereocenters. The molecule has 2 rings (SSSR count). The van der Waals surface area contributed by atoms with Gasteiger partial charge in [0.2, 0.25) is 0 Å². The standard InChI is InChI=1S/C17H20INOS/c1-12-4-5-13(10-19(2)3)17(8-12)21-16-7-6-15(18)9-14(16)11-20/h4-9,20H,10-11H2,1-3H3. The van der Waals surface area contributed by atoms with Crippen LogP contribution in [0.1, 0.15) is 16.7 Å². The Labute approximate surface area is 144 Å². The number of aryl methyl sites for hydroxylation is 1. The highest BCUT2D eigenvalue weighted by Gasteiger charge is 2.09. The highest BCUT2D eigenvalue weighted by Crippen LogP contribution is 2.34. The number of benzene rings is 2. The van der Waals surface area contributed by atoms with Crippen LogP contribution < -0.4 is 0 Å². The zero-order chi connectivity index (χ0) is 15.4. The molecule has 0 aliphatic heterocycles. The van der Waals surface area contributed by atoms with Crippen molar-refractivity contribution < 1.29 is 5.11 Å². The summed E-state index contributed by atoms with van der Waals surface area (Å²) in [7, 11) is 4.16. The van der Waals surface area contributed by atoms with Crippen LogP contribution in [0.2, 0.25) is 0 Å². The summed E-state index contributed by atoms with van der Waals surface area (Å²) >= 11 is 4.02. The molecule has 0 amide bonds. The second kappa shape index (κ2) is 7.63. The number of aliphatic hydroxyl groups is 1. The Balaban J connectivity index is 2.36. The summed E-state index contributed by atoms with van der Waals surface area (Å²) in [6.45, 7) is 3.11. The lowest BCUT2D eigenvalue weighted by molar-refractivity contribution is 0.279. The van der Waals surface area contributed by atoms with Crippen LogP contribution in [0.15, 0.2) is 46.2 Å². The first kappa shape index (κ1) is 16.8. The fourth-order valence-corrected chi connectivity index (χ4v) is 3.81. The molecule has 112 valence electrons. The molecule has 0 saturated heterocycles. The molecule has 0 atom stereocenters. The van der Waals surface area contributed by atoms with Gasteiger partial charge in [0.15, 0.2) is 0 Å². The van der Waals surface area contributed by atoms with E-state index >= 15 is 0 Å².